The van der Waals surface area contributed by atoms with E-state index in [9.17, 15) is 22.8 Å². The lowest BCUT2D eigenvalue weighted by Crippen LogP contribution is -2.39. The Balaban J connectivity index is 1.31. The van der Waals surface area contributed by atoms with E-state index in [0.717, 1.165) is 58.7 Å². The first kappa shape index (κ1) is 24.1. The fraction of sp³-hybridized carbons (Fsp3) is 0.333. The largest absolute Gasteiger partial charge is 0.416 e. The molecule has 0 bridgehead atoms. The molecule has 2 aliphatic rings. The van der Waals surface area contributed by atoms with E-state index in [1.165, 1.54) is 12.1 Å². The normalized spacial score (nSPS) is 19.3. The molecule has 0 aliphatic carbocycles. The quantitative estimate of drug-likeness (QED) is 0.529. The highest BCUT2D eigenvalue weighted by molar-refractivity contribution is 6.01. The van der Waals surface area contributed by atoms with Crippen LogP contribution in [-0.2, 0) is 22.3 Å². The Morgan fingerprint density at radius 3 is 2.47 bits per heavy atom. The van der Waals surface area contributed by atoms with Crippen LogP contribution >= 0.6 is 0 Å². The number of alkyl halides is 3. The molecule has 2 amide bonds. The maximum atomic E-state index is 12.8. The Hall–Kier alpha value is -3.59. The maximum Gasteiger partial charge on any atom is 0.416 e. The third kappa shape index (κ3) is 5.02. The number of nitrogens with zero attached hydrogens (tertiary/aromatic N) is 3. The van der Waals surface area contributed by atoms with Gasteiger partial charge in [0.15, 0.2) is 0 Å². The second kappa shape index (κ2) is 9.46. The number of amides is 2. The minimum Gasteiger partial charge on any atom is -0.296 e. The van der Waals surface area contributed by atoms with Crippen LogP contribution in [0.1, 0.15) is 53.3 Å². The molecule has 1 atom stereocenters. The molecule has 1 saturated heterocycles. The molecule has 5 rings (SSSR count). The predicted molar refractivity (Wildman–Crippen MR) is 129 cm³/mol. The lowest BCUT2D eigenvalue weighted by Gasteiger charge is -2.26. The molecule has 36 heavy (non-hydrogen) atoms. The minimum absolute atomic E-state index is 0.250. The third-order valence-corrected chi connectivity index (χ3v) is 6.82. The molecule has 0 spiro atoms. The number of piperidine rings is 1. The SMILES string of the molecule is Cc1nc2ccc(C3=CCN(Cc4ccc(C(F)(F)F)cc4)CC3)nc2cc1C1CCC(=O)NC1=O. The Bertz CT molecular complexity index is 1370. The van der Waals surface area contributed by atoms with Gasteiger partial charge in [-0.25, -0.2) is 4.98 Å². The number of fused-ring (bicyclic) bond motifs is 1. The summed E-state index contributed by atoms with van der Waals surface area (Å²) in [6.45, 7) is 3.87. The Labute approximate surface area is 206 Å². The van der Waals surface area contributed by atoms with Crippen LogP contribution in [0.25, 0.3) is 16.6 Å². The van der Waals surface area contributed by atoms with E-state index >= 15 is 0 Å². The van der Waals surface area contributed by atoms with Crippen molar-refractivity contribution >= 4 is 28.4 Å². The molecule has 4 heterocycles. The highest BCUT2D eigenvalue weighted by Crippen LogP contribution is 2.31. The first-order valence-corrected chi connectivity index (χ1v) is 11.9. The van der Waals surface area contributed by atoms with Gasteiger partial charge in [-0.1, -0.05) is 18.2 Å². The first-order valence-electron chi connectivity index (χ1n) is 11.9. The van der Waals surface area contributed by atoms with Crippen LogP contribution in [0.2, 0.25) is 0 Å². The highest BCUT2D eigenvalue weighted by atomic mass is 19.4. The second-order valence-electron chi connectivity index (χ2n) is 9.31. The molecule has 0 radical (unpaired) electrons. The van der Waals surface area contributed by atoms with Gasteiger partial charge < -0.3 is 0 Å². The number of aromatic nitrogens is 2. The number of aryl methyl sites for hydroxylation is 1. The Kier molecular flexibility index (Phi) is 6.34. The number of hydrogen-bond acceptors (Lipinski definition) is 5. The average Bonchev–Trinajstić information content (AvgIpc) is 2.84. The highest BCUT2D eigenvalue weighted by Gasteiger charge is 2.31. The maximum absolute atomic E-state index is 12.8. The molecule has 1 unspecified atom stereocenters. The summed E-state index contributed by atoms with van der Waals surface area (Å²) in [5, 5.41) is 2.41. The lowest BCUT2D eigenvalue weighted by atomic mass is 9.89. The zero-order valence-electron chi connectivity index (χ0n) is 19.7. The minimum atomic E-state index is -4.33. The summed E-state index contributed by atoms with van der Waals surface area (Å²) in [5.74, 6) is -0.966. The van der Waals surface area contributed by atoms with Crippen molar-refractivity contribution in [3.8, 4) is 0 Å². The molecular formula is C27H25F3N4O2. The Morgan fingerprint density at radius 1 is 1.03 bits per heavy atom. The molecule has 0 saturated carbocycles. The number of carbonyl (C=O) groups is 2. The molecule has 2 aliphatic heterocycles. The van der Waals surface area contributed by atoms with Crippen LogP contribution in [-0.4, -0.2) is 39.8 Å². The number of nitrogens with one attached hydrogen (secondary N) is 1. The van der Waals surface area contributed by atoms with Gasteiger partial charge in [-0.15, -0.1) is 0 Å². The van der Waals surface area contributed by atoms with Gasteiger partial charge in [-0.2, -0.15) is 13.2 Å². The number of benzene rings is 1. The van der Waals surface area contributed by atoms with E-state index in [1.54, 1.807) is 0 Å². The summed E-state index contributed by atoms with van der Waals surface area (Å²) in [6, 6.07) is 11.1. The zero-order valence-corrected chi connectivity index (χ0v) is 19.7. The number of rotatable bonds is 4. The molecule has 3 aromatic rings. The molecule has 1 N–H and O–H groups in total. The summed E-state index contributed by atoms with van der Waals surface area (Å²) in [7, 11) is 0. The molecule has 6 nitrogen and oxygen atoms in total. The number of carbonyl (C=O) groups excluding carboxylic acids is 2. The number of hydrogen-bond donors (Lipinski definition) is 1. The predicted octanol–water partition coefficient (Wildman–Crippen LogP) is 4.77. The van der Waals surface area contributed by atoms with Gasteiger partial charge in [-0.3, -0.25) is 24.8 Å². The summed E-state index contributed by atoms with van der Waals surface area (Å²) >= 11 is 0. The van der Waals surface area contributed by atoms with Crippen molar-refractivity contribution < 1.29 is 22.8 Å². The monoisotopic (exact) mass is 494 g/mol. The van der Waals surface area contributed by atoms with Gasteiger partial charge in [0, 0.05) is 31.7 Å². The van der Waals surface area contributed by atoms with Crippen molar-refractivity contribution in [3.05, 3.63) is 76.6 Å². The zero-order chi connectivity index (χ0) is 25.4. The number of halogens is 3. The lowest BCUT2D eigenvalue weighted by molar-refractivity contribution is -0.138. The average molecular weight is 495 g/mol. The van der Waals surface area contributed by atoms with Crippen LogP contribution in [0.15, 0.2) is 48.5 Å². The summed E-state index contributed by atoms with van der Waals surface area (Å²) in [4.78, 5) is 35.6. The van der Waals surface area contributed by atoms with Gasteiger partial charge >= 0.3 is 6.18 Å². The summed E-state index contributed by atoms with van der Waals surface area (Å²) in [6.07, 6.45) is -0.705. The van der Waals surface area contributed by atoms with Crippen LogP contribution < -0.4 is 5.32 Å². The van der Waals surface area contributed by atoms with Crippen molar-refractivity contribution in [2.45, 2.75) is 44.8 Å². The van der Waals surface area contributed by atoms with E-state index in [4.69, 9.17) is 4.98 Å². The molecule has 186 valence electrons. The van der Waals surface area contributed by atoms with Gasteiger partial charge in [0.05, 0.1) is 28.2 Å². The summed E-state index contributed by atoms with van der Waals surface area (Å²) < 4.78 is 38.4. The van der Waals surface area contributed by atoms with Crippen molar-refractivity contribution in [3.63, 3.8) is 0 Å². The fourth-order valence-electron chi connectivity index (χ4n) is 4.83. The molecule has 1 aromatic carbocycles. The first-order chi connectivity index (χ1) is 17.2. The van der Waals surface area contributed by atoms with Gasteiger partial charge in [0.25, 0.3) is 0 Å². The van der Waals surface area contributed by atoms with E-state index in [2.05, 4.69) is 21.3 Å². The second-order valence-corrected chi connectivity index (χ2v) is 9.31. The van der Waals surface area contributed by atoms with E-state index in [0.29, 0.717) is 31.4 Å². The van der Waals surface area contributed by atoms with Gasteiger partial charge in [-0.05, 0) is 66.8 Å². The van der Waals surface area contributed by atoms with Gasteiger partial charge in [0.1, 0.15) is 0 Å². The molecule has 1 fully saturated rings. The van der Waals surface area contributed by atoms with E-state index in [-0.39, 0.29) is 11.8 Å². The molecular weight excluding hydrogens is 469 g/mol. The fourth-order valence-corrected chi connectivity index (χ4v) is 4.83. The van der Waals surface area contributed by atoms with Crippen molar-refractivity contribution in [2.75, 3.05) is 13.1 Å². The van der Waals surface area contributed by atoms with Crippen molar-refractivity contribution in [2.24, 2.45) is 0 Å². The smallest absolute Gasteiger partial charge is 0.296 e. The standard InChI is InChI=1S/C27H25F3N4O2/c1-16-21(20-6-9-25(35)33-26(20)36)14-24-23(31-16)8-7-22(32-24)18-10-12-34(13-11-18)15-17-2-4-19(5-3-17)27(28,29)30/h2-5,7-8,10,14,20H,6,9,11-13,15H2,1H3,(H,33,35,36). The molecule has 2 aromatic heterocycles. The van der Waals surface area contributed by atoms with Crippen molar-refractivity contribution in [1.82, 2.24) is 20.2 Å². The topological polar surface area (TPSA) is 75.2 Å². The van der Waals surface area contributed by atoms with Crippen molar-refractivity contribution in [1.29, 1.82) is 0 Å². The van der Waals surface area contributed by atoms with Crippen LogP contribution in [0.4, 0.5) is 13.2 Å². The van der Waals surface area contributed by atoms with E-state index < -0.39 is 17.7 Å². The number of pyridine rings is 2. The Morgan fingerprint density at radius 2 is 1.81 bits per heavy atom. The van der Waals surface area contributed by atoms with E-state index in [1.807, 2.05) is 25.1 Å². The number of imide groups is 1. The summed E-state index contributed by atoms with van der Waals surface area (Å²) in [5.41, 5.74) is 5.13. The van der Waals surface area contributed by atoms with Crippen LogP contribution in [0, 0.1) is 6.92 Å². The van der Waals surface area contributed by atoms with Crippen LogP contribution in [0.3, 0.4) is 0 Å². The van der Waals surface area contributed by atoms with Crippen LogP contribution in [0.5, 0.6) is 0 Å². The third-order valence-electron chi connectivity index (χ3n) is 6.82. The van der Waals surface area contributed by atoms with Gasteiger partial charge in [0.2, 0.25) is 11.8 Å². The molecule has 9 heteroatoms.